The van der Waals surface area contributed by atoms with Gasteiger partial charge in [0.25, 0.3) is 5.91 Å². The lowest BCUT2D eigenvalue weighted by Crippen LogP contribution is -2.48. The number of ether oxygens (including phenoxy) is 2. The Bertz CT molecular complexity index is 781. The van der Waals surface area contributed by atoms with E-state index in [-0.39, 0.29) is 17.9 Å². The third kappa shape index (κ3) is 2.80. The molecule has 0 aliphatic carbocycles. The van der Waals surface area contributed by atoms with E-state index in [4.69, 9.17) is 4.74 Å². The van der Waals surface area contributed by atoms with Crippen molar-refractivity contribution in [3.05, 3.63) is 47.2 Å². The zero-order valence-electron chi connectivity index (χ0n) is 14.0. The first kappa shape index (κ1) is 18.0. The fourth-order valence-corrected chi connectivity index (χ4v) is 2.71. The van der Waals surface area contributed by atoms with Gasteiger partial charge in [-0.1, -0.05) is 30.3 Å². The number of nitrogens with zero attached hydrogens (tertiary/aromatic N) is 2. The van der Waals surface area contributed by atoms with Crippen molar-refractivity contribution in [3.63, 3.8) is 0 Å². The first-order valence-corrected chi connectivity index (χ1v) is 7.48. The molecule has 1 aromatic carbocycles. The second kappa shape index (κ2) is 7.05. The zero-order valence-corrected chi connectivity index (χ0v) is 14.0. The number of benzene rings is 1. The highest BCUT2D eigenvalue weighted by Crippen LogP contribution is 2.42. The Hall–Kier alpha value is -3.34. The highest BCUT2D eigenvalue weighted by Gasteiger charge is 2.57. The van der Waals surface area contributed by atoms with Gasteiger partial charge >= 0.3 is 12.1 Å². The number of allylic oxidation sites excluding steroid dienone is 1. The van der Waals surface area contributed by atoms with E-state index >= 15 is 0 Å². The summed E-state index contributed by atoms with van der Waals surface area (Å²) < 4.78 is 9.53. The van der Waals surface area contributed by atoms with Gasteiger partial charge in [0.1, 0.15) is 0 Å². The van der Waals surface area contributed by atoms with E-state index in [1.165, 1.54) is 6.92 Å². The van der Waals surface area contributed by atoms with Crippen molar-refractivity contribution in [2.75, 3.05) is 13.7 Å². The molecule has 0 bridgehead atoms. The molecule has 0 saturated carbocycles. The number of hydrogen-bond acceptors (Lipinski definition) is 6. The van der Waals surface area contributed by atoms with Gasteiger partial charge in [0.05, 0.1) is 31.1 Å². The number of methoxy groups -OCH3 is 1. The minimum Gasteiger partial charge on any atom is -0.463 e. The topological polar surface area (TPSA) is 109 Å². The first-order chi connectivity index (χ1) is 11.9. The van der Waals surface area contributed by atoms with Gasteiger partial charge < -0.3 is 9.47 Å². The quantitative estimate of drug-likeness (QED) is 0.828. The summed E-state index contributed by atoms with van der Waals surface area (Å²) in [4.78, 5) is 37.1. The van der Waals surface area contributed by atoms with Crippen molar-refractivity contribution in [1.82, 2.24) is 10.4 Å². The maximum atomic E-state index is 13.0. The van der Waals surface area contributed by atoms with Crippen LogP contribution < -0.4 is 5.43 Å². The first-order valence-electron chi connectivity index (χ1n) is 7.48. The molecule has 2 amide bonds. The fraction of sp³-hybridized carbons (Fsp3) is 0.294. The lowest BCUT2D eigenvalue weighted by molar-refractivity contribution is -0.140. The second-order valence-corrected chi connectivity index (χ2v) is 5.15. The molecule has 0 aromatic heterocycles. The molecule has 2 rings (SSSR count). The monoisotopic (exact) mass is 343 g/mol. The highest BCUT2D eigenvalue weighted by atomic mass is 16.5. The summed E-state index contributed by atoms with van der Waals surface area (Å²) in [6.07, 6.45) is -0.905. The summed E-state index contributed by atoms with van der Waals surface area (Å²) in [5.41, 5.74) is 0.568. The lowest BCUT2D eigenvalue weighted by atomic mass is 9.76. The van der Waals surface area contributed by atoms with E-state index in [1.54, 1.807) is 37.3 Å². The van der Waals surface area contributed by atoms with Crippen LogP contribution in [-0.4, -0.2) is 36.7 Å². The lowest BCUT2D eigenvalue weighted by Gasteiger charge is -2.24. The van der Waals surface area contributed by atoms with E-state index in [0.717, 1.165) is 12.1 Å². The molecular formula is C17H17N3O5. The minimum absolute atomic E-state index is 0.0739. The molecule has 1 unspecified atom stereocenters. The summed E-state index contributed by atoms with van der Waals surface area (Å²) in [5.74, 6) is -1.58. The number of rotatable bonds is 4. The van der Waals surface area contributed by atoms with Gasteiger partial charge in [0.2, 0.25) is 0 Å². The molecule has 1 atom stereocenters. The van der Waals surface area contributed by atoms with Crippen LogP contribution in [0, 0.1) is 11.3 Å². The highest BCUT2D eigenvalue weighted by molar-refractivity contribution is 6.11. The smallest absolute Gasteiger partial charge is 0.426 e. The molecule has 0 fully saturated rings. The summed E-state index contributed by atoms with van der Waals surface area (Å²) in [5, 5.41) is 10.7. The fourth-order valence-electron chi connectivity index (χ4n) is 2.71. The SMILES string of the molecule is CCOC(=O)C1=C(C)N(NC(=O)OC)C(=O)C1(C#N)c1ccccc1. The van der Waals surface area contributed by atoms with Gasteiger partial charge in [-0.3, -0.25) is 4.79 Å². The van der Waals surface area contributed by atoms with Crippen LogP contribution in [0.1, 0.15) is 19.4 Å². The van der Waals surface area contributed by atoms with Crippen molar-refractivity contribution in [3.8, 4) is 6.07 Å². The maximum absolute atomic E-state index is 13.0. The summed E-state index contributed by atoms with van der Waals surface area (Å²) in [6, 6.07) is 10.1. The Morgan fingerprint density at radius 1 is 1.32 bits per heavy atom. The van der Waals surface area contributed by atoms with Crippen LogP contribution in [0.5, 0.6) is 0 Å². The Morgan fingerprint density at radius 3 is 2.48 bits per heavy atom. The van der Waals surface area contributed by atoms with Crippen LogP contribution in [0.2, 0.25) is 0 Å². The Morgan fingerprint density at radius 2 is 1.96 bits per heavy atom. The third-order valence-corrected chi connectivity index (χ3v) is 3.84. The van der Waals surface area contributed by atoms with Crippen molar-refractivity contribution in [2.24, 2.45) is 0 Å². The molecule has 1 aromatic rings. The number of amides is 2. The van der Waals surface area contributed by atoms with Crippen molar-refractivity contribution >= 4 is 18.0 Å². The molecule has 0 spiro atoms. The predicted molar refractivity (Wildman–Crippen MR) is 85.5 cm³/mol. The van der Waals surface area contributed by atoms with Gasteiger partial charge in [-0.25, -0.2) is 20.0 Å². The molecule has 25 heavy (non-hydrogen) atoms. The number of hydrazine groups is 1. The summed E-state index contributed by atoms with van der Waals surface area (Å²) in [7, 11) is 1.13. The summed E-state index contributed by atoms with van der Waals surface area (Å²) >= 11 is 0. The predicted octanol–water partition coefficient (Wildman–Crippen LogP) is 1.40. The van der Waals surface area contributed by atoms with E-state index in [2.05, 4.69) is 10.2 Å². The van der Waals surface area contributed by atoms with E-state index in [1.807, 2.05) is 6.07 Å². The molecule has 0 saturated heterocycles. The number of nitrogens with one attached hydrogen (secondary N) is 1. The van der Waals surface area contributed by atoms with E-state index in [0.29, 0.717) is 5.56 Å². The van der Waals surface area contributed by atoms with E-state index in [9.17, 15) is 19.6 Å². The molecule has 1 aliphatic heterocycles. The third-order valence-electron chi connectivity index (χ3n) is 3.84. The van der Waals surface area contributed by atoms with Gasteiger partial charge in [0, 0.05) is 0 Å². The molecule has 8 nitrogen and oxygen atoms in total. The normalized spacial score (nSPS) is 19.4. The Balaban J connectivity index is 2.68. The molecule has 8 heteroatoms. The molecule has 130 valence electrons. The van der Waals surface area contributed by atoms with Gasteiger partial charge in [-0.05, 0) is 19.4 Å². The molecule has 1 aliphatic rings. The second-order valence-electron chi connectivity index (χ2n) is 5.15. The standard InChI is InChI=1S/C17H17N3O5/c1-4-25-14(21)13-11(2)20(19-16(23)24-3)15(22)17(13,10-18)12-8-6-5-7-9-12/h5-9H,4H2,1-3H3,(H,19,23). The number of carbonyl (C=O) groups excluding carboxylic acids is 3. The average Bonchev–Trinajstić information content (AvgIpc) is 2.84. The average molecular weight is 343 g/mol. The Labute approximate surface area is 144 Å². The van der Waals surface area contributed by atoms with Crippen LogP contribution >= 0.6 is 0 Å². The molecule has 1 N–H and O–H groups in total. The van der Waals surface area contributed by atoms with E-state index < -0.39 is 23.4 Å². The van der Waals surface area contributed by atoms with Gasteiger partial charge in [-0.15, -0.1) is 0 Å². The Kier molecular flexibility index (Phi) is 5.08. The maximum Gasteiger partial charge on any atom is 0.426 e. The minimum atomic E-state index is -1.92. The molecular weight excluding hydrogens is 326 g/mol. The van der Waals surface area contributed by atoms with Crippen LogP contribution in [0.25, 0.3) is 0 Å². The summed E-state index contributed by atoms with van der Waals surface area (Å²) in [6.45, 7) is 3.14. The van der Waals surface area contributed by atoms with Crippen LogP contribution in [0.4, 0.5) is 4.79 Å². The number of nitriles is 1. The molecule has 0 radical (unpaired) electrons. The largest absolute Gasteiger partial charge is 0.463 e. The van der Waals surface area contributed by atoms with Crippen LogP contribution in [0.3, 0.4) is 0 Å². The van der Waals surface area contributed by atoms with Crippen molar-refractivity contribution < 1.29 is 23.9 Å². The van der Waals surface area contributed by atoms with Crippen LogP contribution in [0.15, 0.2) is 41.6 Å². The van der Waals surface area contributed by atoms with Gasteiger partial charge in [0.15, 0.2) is 5.41 Å². The molecule has 1 heterocycles. The zero-order chi connectivity index (χ0) is 18.6. The van der Waals surface area contributed by atoms with Crippen LogP contribution in [-0.2, 0) is 24.5 Å². The number of hydrogen-bond donors (Lipinski definition) is 1. The van der Waals surface area contributed by atoms with Gasteiger partial charge in [-0.2, -0.15) is 5.26 Å². The number of esters is 1. The number of carbonyl (C=O) groups is 3. The van der Waals surface area contributed by atoms with Crippen molar-refractivity contribution in [1.29, 1.82) is 5.26 Å². The van der Waals surface area contributed by atoms with Crippen molar-refractivity contribution in [2.45, 2.75) is 19.3 Å².